The molecular weight excluding hydrogens is 222 g/mol. The molecule has 1 aromatic carbocycles. The van der Waals surface area contributed by atoms with Gasteiger partial charge in [0.25, 0.3) is 0 Å². The van der Waals surface area contributed by atoms with Gasteiger partial charge in [0.05, 0.1) is 12.7 Å². The molecule has 18 heavy (non-hydrogen) atoms. The summed E-state index contributed by atoms with van der Waals surface area (Å²) in [6, 6.07) is 9.31. The zero-order chi connectivity index (χ0) is 13.0. The lowest BCUT2D eigenvalue weighted by atomic mass is 9.89. The van der Waals surface area contributed by atoms with Crippen LogP contribution in [-0.2, 0) is 11.2 Å². The third kappa shape index (κ3) is 3.33. The minimum absolute atomic E-state index is 0.300. The molecule has 3 unspecified atom stereocenters. The van der Waals surface area contributed by atoms with Crippen molar-refractivity contribution in [3.05, 3.63) is 35.4 Å². The van der Waals surface area contributed by atoms with Crippen molar-refractivity contribution in [3.63, 3.8) is 0 Å². The van der Waals surface area contributed by atoms with Crippen molar-refractivity contribution in [2.75, 3.05) is 13.7 Å². The quantitative estimate of drug-likeness (QED) is 0.862. The smallest absolute Gasteiger partial charge is 0.0830 e. The third-order valence-corrected chi connectivity index (χ3v) is 3.96. The molecule has 0 aliphatic carbocycles. The van der Waals surface area contributed by atoms with Gasteiger partial charge in [0.15, 0.2) is 0 Å². The number of hydrogen-bond acceptors (Lipinski definition) is 2. The van der Waals surface area contributed by atoms with Crippen molar-refractivity contribution < 1.29 is 4.74 Å². The van der Waals surface area contributed by atoms with E-state index in [2.05, 4.69) is 43.4 Å². The minimum atomic E-state index is 0.300. The summed E-state index contributed by atoms with van der Waals surface area (Å²) in [5, 5.41) is 3.31. The van der Waals surface area contributed by atoms with E-state index < -0.39 is 0 Å². The zero-order valence-corrected chi connectivity index (χ0v) is 11.8. The molecule has 0 fully saturated rings. The van der Waals surface area contributed by atoms with Gasteiger partial charge in [0, 0.05) is 6.04 Å². The van der Waals surface area contributed by atoms with Crippen LogP contribution in [0.5, 0.6) is 0 Å². The van der Waals surface area contributed by atoms with Crippen LogP contribution in [0.3, 0.4) is 0 Å². The maximum atomic E-state index is 5.97. The molecular formula is C16H25NO. The number of ether oxygens (including phenoxy) is 1. The normalized spacial score (nSPS) is 22.3. The molecule has 2 nitrogen and oxygen atoms in total. The first-order chi connectivity index (χ1) is 8.70. The summed E-state index contributed by atoms with van der Waals surface area (Å²) in [6.07, 6.45) is 3.70. The first-order valence-electron chi connectivity index (χ1n) is 7.07. The van der Waals surface area contributed by atoms with Crippen LogP contribution in [0.1, 0.15) is 43.9 Å². The van der Waals surface area contributed by atoms with Gasteiger partial charge in [-0.3, -0.25) is 0 Å². The monoisotopic (exact) mass is 247 g/mol. The Morgan fingerprint density at radius 1 is 1.33 bits per heavy atom. The fourth-order valence-electron chi connectivity index (χ4n) is 2.85. The second-order valence-corrected chi connectivity index (χ2v) is 5.57. The summed E-state index contributed by atoms with van der Waals surface area (Å²) in [7, 11) is 2.03. The average Bonchev–Trinajstić information content (AvgIpc) is 2.39. The number of nitrogens with one attached hydrogen (secondary N) is 1. The van der Waals surface area contributed by atoms with Crippen LogP contribution in [-0.4, -0.2) is 19.7 Å². The second-order valence-electron chi connectivity index (χ2n) is 5.57. The Bertz CT molecular complexity index is 377. The van der Waals surface area contributed by atoms with E-state index in [-0.39, 0.29) is 0 Å². The van der Waals surface area contributed by atoms with Gasteiger partial charge in [-0.05, 0) is 50.3 Å². The molecule has 0 saturated carbocycles. The molecule has 0 amide bonds. The van der Waals surface area contributed by atoms with Gasteiger partial charge in [0.2, 0.25) is 0 Å². The largest absolute Gasteiger partial charge is 0.373 e. The zero-order valence-electron chi connectivity index (χ0n) is 11.8. The van der Waals surface area contributed by atoms with Crippen molar-refractivity contribution in [3.8, 4) is 0 Å². The Morgan fingerprint density at radius 2 is 2.11 bits per heavy atom. The van der Waals surface area contributed by atoms with Crippen LogP contribution >= 0.6 is 0 Å². The van der Waals surface area contributed by atoms with Crippen LogP contribution in [0.2, 0.25) is 0 Å². The van der Waals surface area contributed by atoms with E-state index in [1.54, 1.807) is 0 Å². The van der Waals surface area contributed by atoms with Crippen LogP contribution in [0, 0.1) is 5.92 Å². The highest BCUT2D eigenvalue weighted by Crippen LogP contribution is 2.32. The molecule has 1 aromatic rings. The summed E-state index contributed by atoms with van der Waals surface area (Å²) < 4.78 is 5.97. The number of rotatable bonds is 5. The van der Waals surface area contributed by atoms with Gasteiger partial charge in [-0.1, -0.05) is 31.2 Å². The summed E-state index contributed by atoms with van der Waals surface area (Å²) in [5.74, 6) is 0.684. The van der Waals surface area contributed by atoms with Crippen molar-refractivity contribution in [1.29, 1.82) is 0 Å². The van der Waals surface area contributed by atoms with Crippen LogP contribution in [0.15, 0.2) is 24.3 Å². The van der Waals surface area contributed by atoms with Gasteiger partial charge in [0.1, 0.15) is 0 Å². The van der Waals surface area contributed by atoms with E-state index in [0.29, 0.717) is 18.1 Å². The van der Waals surface area contributed by atoms with Crippen LogP contribution < -0.4 is 5.32 Å². The Labute approximate surface area is 111 Å². The van der Waals surface area contributed by atoms with Crippen molar-refractivity contribution in [1.82, 2.24) is 5.32 Å². The lowest BCUT2D eigenvalue weighted by Crippen LogP contribution is -2.25. The fourth-order valence-corrected chi connectivity index (χ4v) is 2.85. The molecule has 0 spiro atoms. The minimum Gasteiger partial charge on any atom is -0.373 e. The van der Waals surface area contributed by atoms with Gasteiger partial charge in [-0.25, -0.2) is 0 Å². The molecule has 2 heteroatoms. The summed E-state index contributed by atoms with van der Waals surface area (Å²) in [5.41, 5.74) is 2.88. The summed E-state index contributed by atoms with van der Waals surface area (Å²) in [6.45, 7) is 5.44. The third-order valence-electron chi connectivity index (χ3n) is 3.96. The maximum absolute atomic E-state index is 5.97. The van der Waals surface area contributed by atoms with E-state index in [1.807, 2.05) is 7.05 Å². The Kier molecular flexibility index (Phi) is 4.79. The molecule has 1 heterocycles. The molecule has 1 N–H and O–H groups in total. The highest BCUT2D eigenvalue weighted by molar-refractivity contribution is 5.30. The van der Waals surface area contributed by atoms with Gasteiger partial charge in [-0.15, -0.1) is 0 Å². The first-order valence-corrected chi connectivity index (χ1v) is 7.07. The molecule has 1 aliphatic heterocycles. The Balaban J connectivity index is 1.98. The van der Waals surface area contributed by atoms with Crippen molar-refractivity contribution in [2.24, 2.45) is 5.92 Å². The maximum Gasteiger partial charge on any atom is 0.0830 e. The number of hydrogen-bond donors (Lipinski definition) is 1. The summed E-state index contributed by atoms with van der Waals surface area (Å²) in [4.78, 5) is 0. The van der Waals surface area contributed by atoms with Crippen LogP contribution in [0.25, 0.3) is 0 Å². The fraction of sp³-hybridized carbons (Fsp3) is 0.625. The van der Waals surface area contributed by atoms with E-state index in [1.165, 1.54) is 17.5 Å². The molecule has 0 radical (unpaired) electrons. The van der Waals surface area contributed by atoms with Gasteiger partial charge >= 0.3 is 0 Å². The standard InChI is InChI=1S/C16H25NO/c1-12(10-13(2)17-3)11-16-15-7-5-4-6-14(15)8-9-18-16/h4-7,12-13,16-17H,8-11H2,1-3H3. The van der Waals surface area contributed by atoms with Crippen molar-refractivity contribution in [2.45, 2.75) is 45.3 Å². The van der Waals surface area contributed by atoms with E-state index in [4.69, 9.17) is 4.74 Å². The number of benzene rings is 1. The lowest BCUT2D eigenvalue weighted by Gasteiger charge is -2.29. The summed E-state index contributed by atoms with van der Waals surface area (Å²) >= 11 is 0. The SMILES string of the molecule is CNC(C)CC(C)CC1OCCc2ccccc21. The van der Waals surface area contributed by atoms with Gasteiger partial charge < -0.3 is 10.1 Å². The number of fused-ring (bicyclic) bond motifs is 1. The highest BCUT2D eigenvalue weighted by atomic mass is 16.5. The highest BCUT2D eigenvalue weighted by Gasteiger charge is 2.22. The molecule has 0 bridgehead atoms. The predicted octanol–water partition coefficient (Wildman–Crippen LogP) is 3.32. The predicted molar refractivity (Wildman–Crippen MR) is 75.8 cm³/mol. The van der Waals surface area contributed by atoms with E-state index in [9.17, 15) is 0 Å². The second kappa shape index (κ2) is 6.35. The van der Waals surface area contributed by atoms with E-state index in [0.717, 1.165) is 19.4 Å². The first kappa shape index (κ1) is 13.6. The molecule has 0 aromatic heterocycles. The average molecular weight is 247 g/mol. The Hall–Kier alpha value is -0.860. The topological polar surface area (TPSA) is 21.3 Å². The molecule has 3 atom stereocenters. The van der Waals surface area contributed by atoms with E-state index >= 15 is 0 Å². The Morgan fingerprint density at radius 3 is 2.89 bits per heavy atom. The lowest BCUT2D eigenvalue weighted by molar-refractivity contribution is 0.0254. The molecule has 0 saturated heterocycles. The van der Waals surface area contributed by atoms with Crippen molar-refractivity contribution >= 4 is 0 Å². The molecule has 2 rings (SSSR count). The molecule has 100 valence electrons. The van der Waals surface area contributed by atoms with Crippen LogP contribution in [0.4, 0.5) is 0 Å². The molecule has 1 aliphatic rings. The van der Waals surface area contributed by atoms with Gasteiger partial charge in [-0.2, -0.15) is 0 Å².